The van der Waals surface area contributed by atoms with Gasteiger partial charge in [-0.15, -0.1) is 0 Å². The lowest BCUT2D eigenvalue weighted by atomic mass is 10.2. The van der Waals surface area contributed by atoms with Crippen LogP contribution in [0.5, 0.6) is 0 Å². The van der Waals surface area contributed by atoms with E-state index in [1.165, 1.54) is 6.20 Å². The van der Waals surface area contributed by atoms with Crippen LogP contribution in [-0.4, -0.2) is 26.1 Å². The number of thioether (sulfide) groups is 1. The molecule has 1 aromatic carbocycles. The lowest BCUT2D eigenvalue weighted by molar-refractivity contribution is -0.123. The van der Waals surface area contributed by atoms with Crippen LogP contribution in [0.2, 0.25) is 5.02 Å². The SMILES string of the molecule is O=C(NN1C(=O)C(=Cc2ccc(Cl)cc2)SC1=S)c1cccnc1. The molecule has 1 fully saturated rings. The van der Waals surface area contributed by atoms with Crippen LogP contribution < -0.4 is 5.43 Å². The second-order valence-corrected chi connectivity index (χ2v) is 6.86. The van der Waals surface area contributed by atoms with Crippen LogP contribution in [0.3, 0.4) is 0 Å². The van der Waals surface area contributed by atoms with Gasteiger partial charge in [0.25, 0.3) is 11.8 Å². The van der Waals surface area contributed by atoms with Crippen LogP contribution in [0.15, 0.2) is 53.7 Å². The number of thiocarbonyl (C=S) groups is 1. The number of aromatic nitrogens is 1. The molecule has 1 saturated heterocycles. The van der Waals surface area contributed by atoms with Gasteiger partial charge in [-0.25, -0.2) is 0 Å². The molecule has 2 aromatic rings. The molecular formula is C16H10ClN3O2S2. The number of nitrogens with zero attached hydrogens (tertiary/aromatic N) is 2. The molecule has 2 amide bonds. The molecule has 1 aliphatic heterocycles. The highest BCUT2D eigenvalue weighted by atomic mass is 35.5. The summed E-state index contributed by atoms with van der Waals surface area (Å²) in [6, 6.07) is 10.3. The zero-order chi connectivity index (χ0) is 17.1. The predicted molar refractivity (Wildman–Crippen MR) is 98.2 cm³/mol. The Morgan fingerprint density at radius 2 is 2.04 bits per heavy atom. The van der Waals surface area contributed by atoms with Crippen LogP contribution in [0.25, 0.3) is 6.08 Å². The first-order valence-electron chi connectivity index (χ1n) is 6.79. The van der Waals surface area contributed by atoms with Crippen molar-refractivity contribution in [1.29, 1.82) is 0 Å². The Bertz CT molecular complexity index is 838. The lowest BCUT2D eigenvalue weighted by Gasteiger charge is -2.15. The number of hydrazine groups is 1. The van der Waals surface area contributed by atoms with Crippen LogP contribution >= 0.6 is 35.6 Å². The van der Waals surface area contributed by atoms with Gasteiger partial charge in [0.15, 0.2) is 4.32 Å². The summed E-state index contributed by atoms with van der Waals surface area (Å²) in [5.74, 6) is -0.829. The van der Waals surface area contributed by atoms with Gasteiger partial charge >= 0.3 is 0 Å². The molecule has 1 N–H and O–H groups in total. The van der Waals surface area contributed by atoms with E-state index >= 15 is 0 Å². The van der Waals surface area contributed by atoms with Gasteiger partial charge in [-0.3, -0.25) is 20.0 Å². The minimum Gasteiger partial charge on any atom is -0.267 e. The molecule has 5 nitrogen and oxygen atoms in total. The number of carbonyl (C=O) groups is 2. The largest absolute Gasteiger partial charge is 0.285 e. The molecule has 0 atom stereocenters. The fraction of sp³-hybridized carbons (Fsp3) is 0. The van der Waals surface area contributed by atoms with E-state index in [9.17, 15) is 9.59 Å². The average Bonchev–Trinajstić information content (AvgIpc) is 2.85. The van der Waals surface area contributed by atoms with E-state index in [4.69, 9.17) is 23.8 Å². The van der Waals surface area contributed by atoms with Gasteiger partial charge in [0.05, 0.1) is 10.5 Å². The summed E-state index contributed by atoms with van der Waals surface area (Å²) >= 11 is 12.1. The van der Waals surface area contributed by atoms with Gasteiger partial charge in [-0.2, -0.15) is 5.01 Å². The Labute approximate surface area is 152 Å². The monoisotopic (exact) mass is 375 g/mol. The number of carbonyl (C=O) groups excluding carboxylic acids is 2. The molecule has 24 heavy (non-hydrogen) atoms. The van der Waals surface area contributed by atoms with Crippen molar-refractivity contribution in [3.05, 3.63) is 69.8 Å². The first-order chi connectivity index (χ1) is 11.5. The highest BCUT2D eigenvalue weighted by molar-refractivity contribution is 8.26. The number of benzene rings is 1. The average molecular weight is 376 g/mol. The number of hydrogen-bond donors (Lipinski definition) is 1. The zero-order valence-electron chi connectivity index (χ0n) is 12.1. The van der Waals surface area contributed by atoms with E-state index in [-0.39, 0.29) is 10.2 Å². The summed E-state index contributed by atoms with van der Waals surface area (Å²) in [7, 11) is 0. The van der Waals surface area contributed by atoms with Crippen molar-refractivity contribution >= 4 is 57.8 Å². The van der Waals surface area contributed by atoms with Gasteiger partial charge in [0.2, 0.25) is 0 Å². The van der Waals surface area contributed by atoms with E-state index in [2.05, 4.69) is 10.4 Å². The smallest absolute Gasteiger partial charge is 0.267 e. The summed E-state index contributed by atoms with van der Waals surface area (Å²) in [4.78, 5) is 28.9. The van der Waals surface area contributed by atoms with Gasteiger partial charge in [0, 0.05) is 17.4 Å². The van der Waals surface area contributed by atoms with Crippen molar-refractivity contribution in [1.82, 2.24) is 15.4 Å². The molecule has 0 bridgehead atoms. The number of halogens is 1. The van der Waals surface area contributed by atoms with E-state index in [1.807, 2.05) is 0 Å². The quantitative estimate of drug-likeness (QED) is 0.659. The molecular weight excluding hydrogens is 366 g/mol. The summed E-state index contributed by atoms with van der Waals surface area (Å²) in [5.41, 5.74) is 3.66. The second-order valence-electron chi connectivity index (χ2n) is 4.75. The summed E-state index contributed by atoms with van der Waals surface area (Å²) in [5, 5.41) is 1.68. The molecule has 8 heteroatoms. The van der Waals surface area contributed by atoms with Crippen molar-refractivity contribution in [3.63, 3.8) is 0 Å². The molecule has 1 aromatic heterocycles. The van der Waals surface area contributed by atoms with Crippen molar-refractivity contribution in [2.75, 3.05) is 0 Å². The molecule has 1 aliphatic rings. The molecule has 3 rings (SSSR count). The second kappa shape index (κ2) is 7.12. The first kappa shape index (κ1) is 16.6. The third kappa shape index (κ3) is 3.64. The molecule has 0 spiro atoms. The van der Waals surface area contributed by atoms with Crippen LogP contribution in [-0.2, 0) is 4.79 Å². The Morgan fingerprint density at radius 1 is 1.29 bits per heavy atom. The van der Waals surface area contributed by atoms with Gasteiger partial charge in [0.1, 0.15) is 0 Å². The highest BCUT2D eigenvalue weighted by Gasteiger charge is 2.33. The van der Waals surface area contributed by atoms with Crippen molar-refractivity contribution in [3.8, 4) is 0 Å². The summed E-state index contributed by atoms with van der Waals surface area (Å²) in [6.07, 6.45) is 4.67. The minimum atomic E-state index is -0.452. The van der Waals surface area contributed by atoms with Crippen LogP contribution in [0, 0.1) is 0 Å². The molecule has 0 aliphatic carbocycles. The Morgan fingerprint density at radius 3 is 2.71 bits per heavy atom. The normalized spacial score (nSPS) is 15.9. The maximum Gasteiger partial charge on any atom is 0.285 e. The van der Waals surface area contributed by atoms with E-state index in [1.54, 1.807) is 48.7 Å². The molecule has 120 valence electrons. The fourth-order valence-corrected chi connectivity index (χ4v) is 3.24. The van der Waals surface area contributed by atoms with E-state index in [0.717, 1.165) is 22.3 Å². The molecule has 2 heterocycles. The van der Waals surface area contributed by atoms with Crippen molar-refractivity contribution < 1.29 is 9.59 Å². The summed E-state index contributed by atoms with van der Waals surface area (Å²) < 4.78 is 0.262. The Kier molecular flexibility index (Phi) is 4.94. The van der Waals surface area contributed by atoms with Crippen molar-refractivity contribution in [2.24, 2.45) is 0 Å². The lowest BCUT2D eigenvalue weighted by Crippen LogP contribution is -2.44. The Hall–Kier alpha value is -2.22. The minimum absolute atomic E-state index is 0.262. The van der Waals surface area contributed by atoms with Gasteiger partial charge < -0.3 is 0 Å². The number of rotatable bonds is 3. The van der Waals surface area contributed by atoms with E-state index in [0.29, 0.717) is 15.5 Å². The number of hydrogen-bond acceptors (Lipinski definition) is 5. The summed E-state index contributed by atoms with van der Waals surface area (Å²) in [6.45, 7) is 0. The molecule has 0 unspecified atom stereocenters. The number of pyridine rings is 1. The van der Waals surface area contributed by atoms with Crippen molar-refractivity contribution in [2.45, 2.75) is 0 Å². The van der Waals surface area contributed by atoms with Gasteiger partial charge in [-0.05, 0) is 48.1 Å². The highest BCUT2D eigenvalue weighted by Crippen LogP contribution is 2.31. The number of amides is 2. The topological polar surface area (TPSA) is 62.3 Å². The van der Waals surface area contributed by atoms with Crippen LogP contribution in [0.4, 0.5) is 0 Å². The molecule has 0 saturated carbocycles. The van der Waals surface area contributed by atoms with Gasteiger partial charge in [-0.1, -0.05) is 35.5 Å². The van der Waals surface area contributed by atoms with Crippen LogP contribution in [0.1, 0.15) is 15.9 Å². The maximum atomic E-state index is 12.4. The fourth-order valence-electron chi connectivity index (χ4n) is 1.94. The number of nitrogens with one attached hydrogen (secondary N) is 1. The van der Waals surface area contributed by atoms with E-state index < -0.39 is 5.91 Å². The third-order valence-corrected chi connectivity index (χ3v) is 4.65. The zero-order valence-corrected chi connectivity index (χ0v) is 14.5. The standard InChI is InChI=1S/C16H10ClN3O2S2/c17-12-5-3-10(4-6-12)8-13-15(22)20(16(23)24-13)19-14(21)11-2-1-7-18-9-11/h1-9H,(H,19,21). The molecule has 0 radical (unpaired) electrons. The maximum absolute atomic E-state index is 12.4. The third-order valence-electron chi connectivity index (χ3n) is 3.10. The first-order valence-corrected chi connectivity index (χ1v) is 8.39. The Balaban J connectivity index is 1.77. The predicted octanol–water partition coefficient (Wildman–Crippen LogP) is 3.28.